The van der Waals surface area contributed by atoms with Crippen LogP contribution >= 0.6 is 0 Å². The van der Waals surface area contributed by atoms with Crippen LogP contribution in [0.2, 0.25) is 0 Å². The van der Waals surface area contributed by atoms with E-state index in [4.69, 9.17) is 0 Å². The van der Waals surface area contributed by atoms with E-state index < -0.39 is 0 Å². The fourth-order valence-electron chi connectivity index (χ4n) is 3.05. The molecule has 0 aliphatic carbocycles. The molecule has 0 radical (unpaired) electrons. The molecule has 128 valence electrons. The molecule has 6 heteroatoms. The van der Waals surface area contributed by atoms with E-state index in [2.05, 4.69) is 43.4 Å². The first-order valence-electron chi connectivity index (χ1n) is 8.55. The first kappa shape index (κ1) is 16.5. The van der Waals surface area contributed by atoms with E-state index in [1.807, 2.05) is 32.1 Å². The van der Waals surface area contributed by atoms with Crippen LogP contribution in [0.25, 0.3) is 0 Å². The van der Waals surface area contributed by atoms with Gasteiger partial charge in [0.15, 0.2) is 0 Å². The molecule has 24 heavy (non-hydrogen) atoms. The van der Waals surface area contributed by atoms with E-state index in [9.17, 15) is 0 Å². The normalized spacial score (nSPS) is 18.1. The first-order valence-corrected chi connectivity index (χ1v) is 8.55. The largest absolute Gasteiger partial charge is 0.381 e. The van der Waals surface area contributed by atoms with Gasteiger partial charge in [0.25, 0.3) is 0 Å². The predicted molar refractivity (Wildman–Crippen MR) is 98.8 cm³/mol. The van der Waals surface area contributed by atoms with Crippen LogP contribution in [0.4, 0.5) is 17.3 Å². The van der Waals surface area contributed by atoms with Gasteiger partial charge in [0.1, 0.15) is 18.0 Å². The lowest BCUT2D eigenvalue weighted by atomic mass is 10.1. The molecule has 0 amide bonds. The predicted octanol–water partition coefficient (Wildman–Crippen LogP) is 2.72. The second-order valence-electron chi connectivity index (χ2n) is 6.58. The number of nitrogens with zero attached hydrogens (tertiary/aromatic N) is 5. The number of pyridine rings is 1. The topological polar surface area (TPSA) is 57.2 Å². The lowest BCUT2D eigenvalue weighted by Gasteiger charge is -2.22. The third kappa shape index (κ3) is 4.13. The molecule has 1 saturated heterocycles. The zero-order valence-corrected chi connectivity index (χ0v) is 14.7. The van der Waals surface area contributed by atoms with Crippen molar-refractivity contribution in [1.29, 1.82) is 0 Å². The van der Waals surface area contributed by atoms with Gasteiger partial charge in [0.05, 0.1) is 11.9 Å². The number of rotatable bonds is 4. The van der Waals surface area contributed by atoms with Gasteiger partial charge in [-0.1, -0.05) is 0 Å². The third-order valence-corrected chi connectivity index (χ3v) is 4.42. The van der Waals surface area contributed by atoms with E-state index in [0.29, 0.717) is 6.04 Å². The summed E-state index contributed by atoms with van der Waals surface area (Å²) in [6.45, 7) is 4.07. The molecule has 0 spiro atoms. The van der Waals surface area contributed by atoms with Crippen molar-refractivity contribution in [2.24, 2.45) is 0 Å². The van der Waals surface area contributed by atoms with Crippen molar-refractivity contribution >= 4 is 17.3 Å². The number of hydrogen-bond acceptors (Lipinski definition) is 6. The van der Waals surface area contributed by atoms with Crippen molar-refractivity contribution in [1.82, 2.24) is 15.0 Å². The average Bonchev–Trinajstić information content (AvgIpc) is 2.81. The summed E-state index contributed by atoms with van der Waals surface area (Å²) in [6.07, 6.45) is 6.99. The maximum atomic E-state index is 4.48. The van der Waals surface area contributed by atoms with Crippen LogP contribution in [0.1, 0.15) is 25.0 Å². The molecule has 1 aliphatic heterocycles. The second-order valence-corrected chi connectivity index (χ2v) is 6.58. The summed E-state index contributed by atoms with van der Waals surface area (Å²) in [5, 5.41) is 3.63. The number of aromatic nitrogens is 3. The molecule has 1 aliphatic rings. The molecule has 3 heterocycles. The molecule has 2 aromatic rings. The van der Waals surface area contributed by atoms with E-state index in [-0.39, 0.29) is 0 Å². The highest BCUT2D eigenvalue weighted by Crippen LogP contribution is 2.21. The highest BCUT2D eigenvalue weighted by molar-refractivity contribution is 5.48. The monoisotopic (exact) mass is 326 g/mol. The summed E-state index contributed by atoms with van der Waals surface area (Å²) in [5.74, 6) is 2.02. The van der Waals surface area contributed by atoms with Crippen LogP contribution in [-0.4, -0.2) is 48.2 Å². The summed E-state index contributed by atoms with van der Waals surface area (Å²) in [5.41, 5.74) is 2.11. The molecule has 1 N–H and O–H groups in total. The minimum atomic E-state index is 0.477. The maximum Gasteiger partial charge on any atom is 0.132 e. The third-order valence-electron chi connectivity index (χ3n) is 4.42. The zero-order valence-electron chi connectivity index (χ0n) is 14.7. The Bertz CT molecular complexity index is 655. The maximum absolute atomic E-state index is 4.48. The van der Waals surface area contributed by atoms with Crippen molar-refractivity contribution in [3.8, 4) is 0 Å². The molecule has 0 aromatic carbocycles. The van der Waals surface area contributed by atoms with Crippen LogP contribution in [-0.2, 0) is 0 Å². The molecule has 1 fully saturated rings. The van der Waals surface area contributed by atoms with Crippen molar-refractivity contribution in [3.05, 3.63) is 36.4 Å². The van der Waals surface area contributed by atoms with Gasteiger partial charge < -0.3 is 15.1 Å². The van der Waals surface area contributed by atoms with Crippen molar-refractivity contribution in [2.75, 3.05) is 42.3 Å². The molecule has 1 atom stereocenters. The lowest BCUT2D eigenvalue weighted by molar-refractivity contribution is 0.639. The van der Waals surface area contributed by atoms with Gasteiger partial charge in [0.2, 0.25) is 0 Å². The quantitative estimate of drug-likeness (QED) is 0.932. The smallest absolute Gasteiger partial charge is 0.132 e. The fourth-order valence-corrected chi connectivity index (χ4v) is 3.05. The van der Waals surface area contributed by atoms with Crippen molar-refractivity contribution < 1.29 is 0 Å². The van der Waals surface area contributed by atoms with Crippen molar-refractivity contribution in [2.45, 2.75) is 32.2 Å². The van der Waals surface area contributed by atoms with Crippen LogP contribution in [0.15, 0.2) is 30.7 Å². The highest BCUT2D eigenvalue weighted by atomic mass is 15.2. The molecule has 0 bridgehead atoms. The summed E-state index contributed by atoms with van der Waals surface area (Å²) < 4.78 is 0. The van der Waals surface area contributed by atoms with E-state index in [1.165, 1.54) is 0 Å². The van der Waals surface area contributed by atoms with Crippen LogP contribution in [0.5, 0.6) is 0 Å². The summed E-state index contributed by atoms with van der Waals surface area (Å²) >= 11 is 0. The minimum absolute atomic E-state index is 0.477. The van der Waals surface area contributed by atoms with Crippen LogP contribution in [0.3, 0.4) is 0 Å². The Morgan fingerprint density at radius 3 is 2.71 bits per heavy atom. The van der Waals surface area contributed by atoms with Gasteiger partial charge in [-0.25, -0.2) is 15.0 Å². The average molecular weight is 326 g/mol. The molecule has 0 unspecified atom stereocenters. The number of anilines is 3. The Morgan fingerprint density at radius 1 is 1.12 bits per heavy atom. The van der Waals surface area contributed by atoms with Crippen LogP contribution < -0.4 is 15.1 Å². The van der Waals surface area contributed by atoms with Crippen molar-refractivity contribution in [3.63, 3.8) is 0 Å². The number of hydrogen-bond donors (Lipinski definition) is 1. The van der Waals surface area contributed by atoms with Gasteiger partial charge in [-0.05, 0) is 38.3 Å². The standard InChI is InChI=1S/C18H26N6/c1-14-11-18(21-13-20-14)24-9-4-5-15(8-10-24)22-16-6-7-17(19-12-16)23(2)3/h6-7,11-13,15,22H,4-5,8-10H2,1-3H3/t15-/m0/s1. The van der Waals surface area contributed by atoms with Gasteiger partial charge in [-0.2, -0.15) is 0 Å². The Balaban J connectivity index is 1.59. The molecular formula is C18H26N6. The lowest BCUT2D eigenvalue weighted by Crippen LogP contribution is -2.27. The molecular weight excluding hydrogens is 300 g/mol. The van der Waals surface area contributed by atoms with Gasteiger partial charge in [0, 0.05) is 45.0 Å². The Hall–Kier alpha value is -2.37. The molecule has 2 aromatic heterocycles. The summed E-state index contributed by atoms with van der Waals surface area (Å²) in [7, 11) is 4.01. The number of aryl methyl sites for hydroxylation is 1. The first-order chi connectivity index (χ1) is 11.6. The molecule has 6 nitrogen and oxygen atoms in total. The Labute approximate surface area is 143 Å². The Morgan fingerprint density at radius 2 is 2.00 bits per heavy atom. The minimum Gasteiger partial charge on any atom is -0.381 e. The summed E-state index contributed by atoms with van der Waals surface area (Å²) in [4.78, 5) is 17.5. The molecule has 3 rings (SSSR count). The summed E-state index contributed by atoms with van der Waals surface area (Å²) in [6, 6.07) is 6.70. The van der Waals surface area contributed by atoms with E-state index >= 15 is 0 Å². The second kappa shape index (κ2) is 7.47. The fraction of sp³-hybridized carbons (Fsp3) is 0.500. The SMILES string of the molecule is Cc1cc(N2CCC[C@H](Nc3ccc(N(C)C)nc3)CC2)ncn1. The number of nitrogens with one attached hydrogen (secondary N) is 1. The van der Waals surface area contributed by atoms with Gasteiger partial charge in [-0.15, -0.1) is 0 Å². The van der Waals surface area contributed by atoms with Gasteiger partial charge in [-0.3, -0.25) is 0 Å². The van der Waals surface area contributed by atoms with Gasteiger partial charge >= 0.3 is 0 Å². The van der Waals surface area contributed by atoms with Crippen LogP contribution in [0, 0.1) is 6.92 Å². The highest BCUT2D eigenvalue weighted by Gasteiger charge is 2.18. The zero-order chi connectivity index (χ0) is 16.9. The van der Waals surface area contributed by atoms with E-state index in [0.717, 1.165) is 55.4 Å². The Kier molecular flexibility index (Phi) is 5.13. The molecule has 0 saturated carbocycles. The van der Waals surface area contributed by atoms with E-state index in [1.54, 1.807) is 6.33 Å².